The van der Waals surface area contributed by atoms with E-state index < -0.39 is 0 Å². The first-order chi connectivity index (χ1) is 9.72. The van der Waals surface area contributed by atoms with Crippen molar-refractivity contribution in [1.29, 1.82) is 0 Å². The van der Waals surface area contributed by atoms with Crippen molar-refractivity contribution in [2.24, 2.45) is 5.92 Å². The van der Waals surface area contributed by atoms with Gasteiger partial charge in [0.05, 0.1) is 5.69 Å². The van der Waals surface area contributed by atoms with Crippen molar-refractivity contribution in [1.82, 2.24) is 4.72 Å². The quantitative estimate of drug-likeness (QED) is 0.735. The summed E-state index contributed by atoms with van der Waals surface area (Å²) in [4.78, 5) is 1.30. The number of benzene rings is 1. The van der Waals surface area contributed by atoms with Gasteiger partial charge in [-0.1, -0.05) is 59.6 Å². The highest BCUT2D eigenvalue weighted by atomic mass is 32.2. The van der Waals surface area contributed by atoms with Gasteiger partial charge in [0.25, 0.3) is 0 Å². The van der Waals surface area contributed by atoms with E-state index in [-0.39, 0.29) is 0 Å². The zero-order valence-corrected chi connectivity index (χ0v) is 14.9. The molecule has 1 aliphatic rings. The molecule has 2 rings (SSSR count). The lowest BCUT2D eigenvalue weighted by molar-refractivity contribution is 0.592. The number of anilines is 1. The molecule has 2 N–H and O–H groups in total. The van der Waals surface area contributed by atoms with Crippen LogP contribution in [0.15, 0.2) is 23.1 Å². The van der Waals surface area contributed by atoms with Gasteiger partial charge in [0.2, 0.25) is 0 Å². The minimum atomic E-state index is 0.748. The highest BCUT2D eigenvalue weighted by molar-refractivity contribution is 7.97. The van der Waals surface area contributed by atoms with Gasteiger partial charge in [-0.15, -0.1) is 0 Å². The first-order valence-electron chi connectivity index (χ1n) is 7.92. The zero-order valence-electron chi connectivity index (χ0n) is 14.0. The third kappa shape index (κ3) is 6.67. The Balaban J connectivity index is 0.000000521. The maximum absolute atomic E-state index is 3.50. The highest BCUT2D eigenvalue weighted by Crippen LogP contribution is 2.32. The van der Waals surface area contributed by atoms with Crippen LogP contribution >= 0.6 is 11.9 Å². The molecule has 3 heteroatoms. The lowest BCUT2D eigenvalue weighted by Crippen LogP contribution is -2.21. The largest absolute Gasteiger partial charge is 0.384 e. The lowest BCUT2D eigenvalue weighted by Gasteiger charge is -2.25. The average Bonchev–Trinajstić information content (AvgIpc) is 2.50. The van der Waals surface area contributed by atoms with E-state index in [0.717, 1.165) is 12.5 Å². The topological polar surface area (TPSA) is 24.1 Å². The summed E-state index contributed by atoms with van der Waals surface area (Å²) in [5, 5.41) is 3.50. The van der Waals surface area contributed by atoms with Crippen LogP contribution in [0.2, 0.25) is 0 Å². The van der Waals surface area contributed by atoms with E-state index in [1.807, 2.05) is 20.9 Å². The molecule has 1 unspecified atom stereocenters. The van der Waals surface area contributed by atoms with Crippen molar-refractivity contribution in [3.05, 3.63) is 23.8 Å². The van der Waals surface area contributed by atoms with Crippen molar-refractivity contribution in [3.8, 4) is 0 Å². The average molecular weight is 297 g/mol. The summed E-state index contributed by atoms with van der Waals surface area (Å²) in [5.74, 6) is 0.748. The minimum absolute atomic E-state index is 0.748. The van der Waals surface area contributed by atoms with Crippen molar-refractivity contribution < 1.29 is 0 Å². The summed E-state index contributed by atoms with van der Waals surface area (Å²) >= 11 is 1.68. The molecule has 116 valence electrons. The molecular weight excluding hydrogens is 264 g/mol. The van der Waals surface area contributed by atoms with Crippen LogP contribution < -0.4 is 10.0 Å². The molecule has 0 saturated carbocycles. The molecule has 20 heavy (non-hydrogen) atoms. The fourth-order valence-electron chi connectivity index (χ4n) is 1.87. The molecule has 0 fully saturated rings. The van der Waals surface area contributed by atoms with Crippen LogP contribution in [0, 0.1) is 5.92 Å². The number of fused-ring (bicyclic) bond motifs is 1. The Morgan fingerprint density at radius 2 is 1.90 bits per heavy atom. The molecule has 0 aliphatic carbocycles. The summed E-state index contributed by atoms with van der Waals surface area (Å²) in [6, 6.07) is 6.51. The molecule has 1 aliphatic heterocycles. The fourth-order valence-corrected chi connectivity index (χ4v) is 2.54. The van der Waals surface area contributed by atoms with E-state index in [0.29, 0.717) is 0 Å². The van der Waals surface area contributed by atoms with E-state index in [4.69, 9.17) is 0 Å². The molecule has 1 aromatic rings. The molecule has 0 spiro atoms. The molecule has 1 atom stereocenters. The zero-order chi connectivity index (χ0) is 15.4. The van der Waals surface area contributed by atoms with Gasteiger partial charge in [0, 0.05) is 11.4 Å². The van der Waals surface area contributed by atoms with Crippen LogP contribution in [0.1, 0.15) is 53.0 Å². The van der Waals surface area contributed by atoms with Crippen molar-refractivity contribution >= 4 is 17.6 Å². The first-order valence-corrected chi connectivity index (χ1v) is 8.73. The van der Waals surface area contributed by atoms with Gasteiger partial charge in [-0.05, 0) is 43.0 Å². The van der Waals surface area contributed by atoms with E-state index in [1.165, 1.54) is 35.4 Å². The standard InChI is InChI=1S/C11H16N2S.C4H10.C2H6/c1-8-6-9-4-3-5-10(14-12-2)11(9)13-7-8;1-3-4-2;1-2/h3-5,8,12-13H,6-7H2,1-2H3;3-4H2,1-2H3;1-2H3. The lowest BCUT2D eigenvalue weighted by atomic mass is 9.96. The Bertz CT molecular complexity index is 337. The number of rotatable bonds is 3. The SMILES string of the molecule is CC.CCCC.CNSc1cccc2c1NCC(C)C2. The van der Waals surface area contributed by atoms with E-state index in [2.05, 4.69) is 49.0 Å². The molecule has 0 aromatic heterocycles. The predicted octanol–water partition coefficient (Wildman–Crippen LogP) is 5.35. The number of hydrogen-bond donors (Lipinski definition) is 2. The molecule has 0 saturated heterocycles. The molecule has 0 bridgehead atoms. The monoisotopic (exact) mass is 296 g/mol. The second-order valence-electron chi connectivity index (χ2n) is 4.79. The normalized spacial score (nSPS) is 15.8. The second kappa shape index (κ2) is 12.1. The van der Waals surface area contributed by atoms with Crippen LogP contribution in [0.3, 0.4) is 0 Å². The smallest absolute Gasteiger partial charge is 0.0524 e. The summed E-state index contributed by atoms with van der Waals surface area (Å²) in [6.07, 6.45) is 3.83. The molecule has 2 nitrogen and oxygen atoms in total. The van der Waals surface area contributed by atoms with Gasteiger partial charge in [0.15, 0.2) is 0 Å². The van der Waals surface area contributed by atoms with E-state index in [1.54, 1.807) is 11.9 Å². The Hall–Kier alpha value is -0.670. The summed E-state index contributed by atoms with van der Waals surface area (Å²) in [6.45, 7) is 11.7. The van der Waals surface area contributed by atoms with Gasteiger partial charge >= 0.3 is 0 Å². The number of nitrogens with one attached hydrogen (secondary N) is 2. The maximum Gasteiger partial charge on any atom is 0.0524 e. The summed E-state index contributed by atoms with van der Waals surface area (Å²) in [5.41, 5.74) is 2.77. The van der Waals surface area contributed by atoms with Crippen molar-refractivity contribution in [3.63, 3.8) is 0 Å². The molecule has 0 amide bonds. The van der Waals surface area contributed by atoms with Gasteiger partial charge in [-0.25, -0.2) is 0 Å². The number of unbranched alkanes of at least 4 members (excludes halogenated alkanes) is 1. The fraction of sp³-hybridized carbons (Fsp3) is 0.647. The maximum atomic E-state index is 3.50. The summed E-state index contributed by atoms with van der Waals surface area (Å²) < 4.78 is 3.12. The second-order valence-corrected chi connectivity index (χ2v) is 5.84. The molecule has 1 heterocycles. The van der Waals surface area contributed by atoms with Gasteiger partial charge in [-0.2, -0.15) is 0 Å². The number of para-hydroxylation sites is 1. The van der Waals surface area contributed by atoms with Gasteiger partial charge in [0.1, 0.15) is 0 Å². The number of hydrogen-bond acceptors (Lipinski definition) is 3. The van der Waals surface area contributed by atoms with Crippen molar-refractivity contribution in [2.45, 2.75) is 58.8 Å². The molecular formula is C17H32N2S. The Labute approximate surface area is 130 Å². The minimum Gasteiger partial charge on any atom is -0.384 e. The summed E-state index contributed by atoms with van der Waals surface area (Å²) in [7, 11) is 1.95. The van der Waals surface area contributed by atoms with Gasteiger partial charge < -0.3 is 5.32 Å². The van der Waals surface area contributed by atoms with Crippen LogP contribution in [-0.2, 0) is 6.42 Å². The van der Waals surface area contributed by atoms with Gasteiger partial charge in [-0.3, -0.25) is 4.72 Å². The van der Waals surface area contributed by atoms with Crippen LogP contribution in [0.4, 0.5) is 5.69 Å². The predicted molar refractivity (Wildman–Crippen MR) is 94.6 cm³/mol. The van der Waals surface area contributed by atoms with E-state index in [9.17, 15) is 0 Å². The van der Waals surface area contributed by atoms with Crippen LogP contribution in [0.5, 0.6) is 0 Å². The Morgan fingerprint density at radius 3 is 2.45 bits per heavy atom. The Kier molecular flexibility index (Phi) is 11.7. The first kappa shape index (κ1) is 19.3. The Morgan fingerprint density at radius 1 is 1.25 bits per heavy atom. The van der Waals surface area contributed by atoms with E-state index >= 15 is 0 Å². The molecule has 0 radical (unpaired) electrons. The van der Waals surface area contributed by atoms with Crippen molar-refractivity contribution in [2.75, 3.05) is 18.9 Å². The third-order valence-corrected chi connectivity index (χ3v) is 3.78. The molecule has 1 aromatic carbocycles. The van der Waals surface area contributed by atoms with Crippen LogP contribution in [0.25, 0.3) is 0 Å². The highest BCUT2D eigenvalue weighted by Gasteiger charge is 2.16. The van der Waals surface area contributed by atoms with Crippen LogP contribution in [-0.4, -0.2) is 13.6 Å². The third-order valence-electron chi connectivity index (χ3n) is 3.02.